The highest BCUT2D eigenvalue weighted by Crippen LogP contribution is 2.22. The van der Waals surface area contributed by atoms with Gasteiger partial charge in [-0.25, -0.2) is 9.59 Å². The first-order chi connectivity index (χ1) is 8.24. The fourth-order valence-electron chi connectivity index (χ4n) is 2.15. The standard InChI is InChI=1S/C10H11N3O4/c14-9-10(15)17-13(16-9)5-8-6-3-1-2-4-7(6)11-12-8/h1-5H2,(H,11,12). The van der Waals surface area contributed by atoms with Gasteiger partial charge in [-0.1, -0.05) is 4.91 Å². The van der Waals surface area contributed by atoms with Gasteiger partial charge in [0.15, 0.2) is 0 Å². The van der Waals surface area contributed by atoms with Gasteiger partial charge >= 0.3 is 11.3 Å². The predicted octanol–water partition coefficient (Wildman–Crippen LogP) is 0.0447. The van der Waals surface area contributed by atoms with Gasteiger partial charge in [0.25, 0.3) is 0 Å². The lowest BCUT2D eigenvalue weighted by Crippen LogP contribution is -2.14. The zero-order chi connectivity index (χ0) is 11.8. The average molecular weight is 237 g/mol. The summed E-state index contributed by atoms with van der Waals surface area (Å²) in [5.41, 5.74) is 1.06. The number of hydrogen-bond acceptors (Lipinski definition) is 5. The van der Waals surface area contributed by atoms with Crippen LogP contribution in [0.4, 0.5) is 0 Å². The molecule has 17 heavy (non-hydrogen) atoms. The monoisotopic (exact) mass is 237 g/mol. The minimum atomic E-state index is -0.991. The Labute approximate surface area is 95.0 Å². The van der Waals surface area contributed by atoms with Crippen LogP contribution in [0.25, 0.3) is 0 Å². The molecule has 0 aliphatic heterocycles. The molecule has 3 rings (SSSR count). The molecular formula is C10H11N3O4. The molecule has 2 heterocycles. The van der Waals surface area contributed by atoms with Crippen molar-refractivity contribution in [2.24, 2.45) is 0 Å². The number of H-pyrrole nitrogens is 1. The molecule has 7 nitrogen and oxygen atoms in total. The summed E-state index contributed by atoms with van der Waals surface area (Å²) in [7, 11) is 0. The maximum absolute atomic E-state index is 10.8. The van der Waals surface area contributed by atoms with Crippen LogP contribution in [0.1, 0.15) is 29.8 Å². The largest absolute Gasteiger partial charge is 0.446 e. The Morgan fingerprint density at radius 2 is 1.88 bits per heavy atom. The van der Waals surface area contributed by atoms with Crippen molar-refractivity contribution in [3.05, 3.63) is 37.8 Å². The molecule has 0 fully saturated rings. The van der Waals surface area contributed by atoms with Crippen molar-refractivity contribution in [1.82, 2.24) is 15.1 Å². The van der Waals surface area contributed by atoms with Crippen LogP contribution >= 0.6 is 0 Å². The molecule has 1 aliphatic carbocycles. The Balaban J connectivity index is 1.92. The second-order valence-electron chi connectivity index (χ2n) is 4.08. The van der Waals surface area contributed by atoms with Gasteiger partial charge in [-0.05, 0) is 31.2 Å². The van der Waals surface area contributed by atoms with Crippen LogP contribution in [-0.4, -0.2) is 15.1 Å². The molecule has 0 aromatic carbocycles. The quantitative estimate of drug-likeness (QED) is 0.744. The molecule has 0 spiro atoms. The van der Waals surface area contributed by atoms with E-state index < -0.39 is 11.3 Å². The number of fused-ring (bicyclic) bond motifs is 1. The van der Waals surface area contributed by atoms with E-state index in [-0.39, 0.29) is 6.54 Å². The predicted molar refractivity (Wildman–Crippen MR) is 55.8 cm³/mol. The van der Waals surface area contributed by atoms with Crippen LogP contribution in [0.2, 0.25) is 0 Å². The van der Waals surface area contributed by atoms with Gasteiger partial charge in [0, 0.05) is 5.69 Å². The van der Waals surface area contributed by atoms with Crippen LogP contribution < -0.4 is 11.3 Å². The second-order valence-corrected chi connectivity index (χ2v) is 4.08. The molecule has 0 unspecified atom stereocenters. The average Bonchev–Trinajstić information content (AvgIpc) is 2.85. The molecule has 2 aromatic heterocycles. The van der Waals surface area contributed by atoms with E-state index in [9.17, 15) is 9.59 Å². The minimum absolute atomic E-state index is 0.170. The highest BCUT2D eigenvalue weighted by molar-refractivity contribution is 5.27. The number of aromatic amines is 1. The van der Waals surface area contributed by atoms with E-state index in [4.69, 9.17) is 0 Å². The molecule has 2 aromatic rings. The van der Waals surface area contributed by atoms with Crippen LogP contribution in [0.15, 0.2) is 18.6 Å². The maximum atomic E-state index is 10.8. The van der Waals surface area contributed by atoms with Crippen molar-refractivity contribution >= 4 is 0 Å². The second kappa shape index (κ2) is 3.76. The summed E-state index contributed by atoms with van der Waals surface area (Å²) in [4.78, 5) is 22.5. The van der Waals surface area contributed by atoms with Gasteiger partial charge in [-0.3, -0.25) is 14.1 Å². The molecule has 7 heteroatoms. The SMILES string of the molecule is O=c1on(Cc2n[nH]c3c2CCCC3)oc1=O. The fraction of sp³-hybridized carbons (Fsp3) is 0.500. The molecular weight excluding hydrogens is 226 g/mol. The summed E-state index contributed by atoms with van der Waals surface area (Å²) in [5.74, 6) is 0. The third-order valence-corrected chi connectivity index (χ3v) is 2.96. The first kappa shape index (κ1) is 10.1. The van der Waals surface area contributed by atoms with E-state index >= 15 is 0 Å². The number of aryl methyl sites for hydroxylation is 1. The van der Waals surface area contributed by atoms with Crippen molar-refractivity contribution in [2.45, 2.75) is 32.2 Å². The fourth-order valence-corrected chi connectivity index (χ4v) is 2.15. The number of hydrogen-bond donors (Lipinski definition) is 1. The lowest BCUT2D eigenvalue weighted by atomic mass is 9.96. The molecule has 0 bridgehead atoms. The van der Waals surface area contributed by atoms with Gasteiger partial charge in [0.05, 0.1) is 5.69 Å². The third kappa shape index (κ3) is 1.73. The Hall–Kier alpha value is -2.05. The van der Waals surface area contributed by atoms with Crippen LogP contribution in [0.5, 0.6) is 0 Å². The van der Waals surface area contributed by atoms with E-state index in [1.165, 1.54) is 0 Å². The lowest BCUT2D eigenvalue weighted by Gasteiger charge is -2.10. The molecule has 0 saturated heterocycles. The van der Waals surface area contributed by atoms with Gasteiger partial charge in [0.1, 0.15) is 6.54 Å². The number of aromatic nitrogens is 3. The van der Waals surface area contributed by atoms with E-state index in [1.807, 2.05) is 0 Å². The summed E-state index contributed by atoms with van der Waals surface area (Å²) >= 11 is 0. The summed E-state index contributed by atoms with van der Waals surface area (Å²) in [6.45, 7) is 0.170. The van der Waals surface area contributed by atoms with E-state index in [1.54, 1.807) is 0 Å². The molecule has 0 amide bonds. The Bertz CT molecular complexity index is 618. The smallest absolute Gasteiger partial charge is 0.298 e. The number of nitrogens with one attached hydrogen (secondary N) is 1. The zero-order valence-corrected chi connectivity index (χ0v) is 9.06. The van der Waals surface area contributed by atoms with Gasteiger partial charge < -0.3 is 0 Å². The molecule has 0 radical (unpaired) electrons. The number of rotatable bonds is 2. The third-order valence-electron chi connectivity index (χ3n) is 2.96. The van der Waals surface area contributed by atoms with E-state index in [0.717, 1.165) is 47.5 Å². The summed E-state index contributed by atoms with van der Waals surface area (Å²) < 4.78 is 9.21. The minimum Gasteiger partial charge on any atom is -0.298 e. The molecule has 90 valence electrons. The van der Waals surface area contributed by atoms with Gasteiger partial charge in [-0.15, -0.1) is 0 Å². The Morgan fingerprint density at radius 3 is 2.65 bits per heavy atom. The number of nitrogens with zero attached hydrogens (tertiary/aromatic N) is 2. The Kier molecular flexibility index (Phi) is 2.24. The van der Waals surface area contributed by atoms with E-state index in [0.29, 0.717) is 0 Å². The Morgan fingerprint density at radius 1 is 1.18 bits per heavy atom. The van der Waals surface area contributed by atoms with Crippen molar-refractivity contribution in [2.75, 3.05) is 0 Å². The lowest BCUT2D eigenvalue weighted by molar-refractivity contribution is 0.0839. The summed E-state index contributed by atoms with van der Waals surface area (Å²) in [6, 6.07) is 0. The van der Waals surface area contributed by atoms with Crippen molar-refractivity contribution in [3.63, 3.8) is 0 Å². The topological polar surface area (TPSA) is 94.0 Å². The first-order valence-electron chi connectivity index (χ1n) is 5.51. The van der Waals surface area contributed by atoms with Crippen LogP contribution in [-0.2, 0) is 19.4 Å². The molecule has 1 N–H and O–H groups in total. The van der Waals surface area contributed by atoms with Crippen LogP contribution in [0.3, 0.4) is 0 Å². The van der Waals surface area contributed by atoms with Crippen molar-refractivity contribution in [1.29, 1.82) is 0 Å². The molecule has 0 saturated carbocycles. The van der Waals surface area contributed by atoms with Crippen LogP contribution in [0, 0.1) is 0 Å². The highest BCUT2D eigenvalue weighted by Gasteiger charge is 2.18. The highest BCUT2D eigenvalue weighted by atomic mass is 16.7. The summed E-state index contributed by atoms with van der Waals surface area (Å²) in [6.07, 6.45) is 4.22. The zero-order valence-electron chi connectivity index (χ0n) is 9.06. The molecule has 0 atom stereocenters. The summed E-state index contributed by atoms with van der Waals surface area (Å²) in [5, 5.41) is 7.13. The van der Waals surface area contributed by atoms with Crippen molar-refractivity contribution in [3.8, 4) is 0 Å². The van der Waals surface area contributed by atoms with Gasteiger partial charge in [-0.2, -0.15) is 5.10 Å². The normalized spacial score (nSPS) is 14.8. The van der Waals surface area contributed by atoms with Crippen molar-refractivity contribution < 1.29 is 9.05 Å². The first-order valence-corrected chi connectivity index (χ1v) is 5.51. The molecule has 1 aliphatic rings. The maximum Gasteiger partial charge on any atom is 0.446 e. The van der Waals surface area contributed by atoms with E-state index in [2.05, 4.69) is 19.2 Å². The van der Waals surface area contributed by atoms with Gasteiger partial charge in [0.2, 0.25) is 0 Å².